The zero-order chi connectivity index (χ0) is 40.2. The molecule has 2 amide bonds. The highest BCUT2D eigenvalue weighted by Crippen LogP contribution is 2.26. The van der Waals surface area contributed by atoms with E-state index in [9.17, 15) is 24.0 Å². The predicted octanol–water partition coefficient (Wildman–Crippen LogP) is 5.48. The van der Waals surface area contributed by atoms with E-state index >= 15 is 0 Å². The Morgan fingerprint density at radius 2 is 1.40 bits per heavy atom. The van der Waals surface area contributed by atoms with Crippen molar-refractivity contribution in [3.8, 4) is 11.4 Å². The smallest absolute Gasteiger partial charge is 0.460 e. The highest BCUT2D eigenvalue weighted by Gasteiger charge is 2.32. The van der Waals surface area contributed by atoms with Crippen LogP contribution in [0.2, 0.25) is 0 Å². The second-order valence-corrected chi connectivity index (χ2v) is 14.9. The molecule has 1 fully saturated rings. The molecule has 55 heavy (non-hydrogen) atoms. The van der Waals surface area contributed by atoms with Crippen LogP contribution in [-0.4, -0.2) is 99.9 Å². The van der Waals surface area contributed by atoms with Crippen LogP contribution in [0.15, 0.2) is 66.7 Å². The van der Waals surface area contributed by atoms with E-state index in [0.717, 1.165) is 5.56 Å². The summed E-state index contributed by atoms with van der Waals surface area (Å²) in [6.07, 6.45) is -1.06. The summed E-state index contributed by atoms with van der Waals surface area (Å²) in [5.41, 5.74) is -0.0681. The van der Waals surface area contributed by atoms with Crippen LogP contribution in [-0.2, 0) is 33.4 Å². The topological polar surface area (TPSA) is 179 Å². The summed E-state index contributed by atoms with van der Waals surface area (Å²) in [5.74, 6) is -1.57. The second kappa shape index (κ2) is 19.1. The van der Waals surface area contributed by atoms with Gasteiger partial charge in [-0.05, 0) is 60.5 Å². The number of aromatic nitrogens is 2. The number of nitrogens with zero attached hydrogens (tertiary/aromatic N) is 4. The number of benzene rings is 2. The molecular formula is C40H52N6O9. The van der Waals surface area contributed by atoms with E-state index in [4.69, 9.17) is 24.0 Å². The number of rotatable bonds is 14. The van der Waals surface area contributed by atoms with E-state index < -0.39 is 53.2 Å². The zero-order valence-corrected chi connectivity index (χ0v) is 32.6. The Morgan fingerprint density at radius 3 is 2.00 bits per heavy atom. The fourth-order valence-corrected chi connectivity index (χ4v) is 5.63. The van der Waals surface area contributed by atoms with Crippen LogP contribution >= 0.6 is 0 Å². The Balaban J connectivity index is 1.62. The average Bonchev–Trinajstić information content (AvgIpc) is 3.12. The average molecular weight is 761 g/mol. The van der Waals surface area contributed by atoms with E-state index in [-0.39, 0.29) is 69.4 Å². The number of hydrogen-bond donors (Lipinski definition) is 2. The summed E-state index contributed by atoms with van der Waals surface area (Å²) >= 11 is 0. The Bertz CT molecular complexity index is 1770. The molecule has 0 aliphatic carbocycles. The standard InChI is InChI=1S/C40H52N6O9/c1-8-52-38(51)55-46-23-21-45(22-24-46)37(50)29(19-20-33(47)53-39(2,3)4)43-36(49)31-25-32(44-35(42-31)28-17-13-10-14-18-28)41-30(27-15-11-9-12-16-27)26-34(48)54-40(5,6)7/h9-18,25,29-30H,8,19-24,26H2,1-7H3,(H,43,49)(H,41,42,44)/t29-,30-/m0/s1. The minimum atomic E-state index is -1.13. The van der Waals surface area contributed by atoms with Crippen LogP contribution in [0.25, 0.3) is 11.4 Å². The number of nitrogens with one attached hydrogen (secondary N) is 2. The van der Waals surface area contributed by atoms with Crippen molar-refractivity contribution in [2.24, 2.45) is 0 Å². The SMILES string of the molecule is CCOC(=O)ON1CCN(C(=O)[C@H](CCC(=O)OC(C)(C)C)NC(=O)c2cc(N[C@@H](CC(=O)OC(C)(C)C)c3ccccc3)nc(-c3ccccc3)n2)CC1. The molecule has 1 aliphatic rings. The van der Waals surface area contributed by atoms with Gasteiger partial charge in [-0.2, -0.15) is 0 Å². The molecule has 0 bridgehead atoms. The largest absolute Gasteiger partial charge is 0.527 e. The van der Waals surface area contributed by atoms with Crippen LogP contribution in [0.1, 0.15) is 89.8 Å². The maximum Gasteiger partial charge on any atom is 0.527 e. The molecular weight excluding hydrogens is 708 g/mol. The van der Waals surface area contributed by atoms with Gasteiger partial charge in [0, 0.05) is 31.1 Å². The van der Waals surface area contributed by atoms with Crippen molar-refractivity contribution in [2.45, 2.75) is 91.0 Å². The Labute approximate surface area is 322 Å². The fourth-order valence-electron chi connectivity index (χ4n) is 5.63. The minimum absolute atomic E-state index is 0.0349. The van der Waals surface area contributed by atoms with Gasteiger partial charge in [0.1, 0.15) is 28.8 Å². The number of carbonyl (C=O) groups is 5. The summed E-state index contributed by atoms with van der Waals surface area (Å²) < 4.78 is 15.9. The van der Waals surface area contributed by atoms with Gasteiger partial charge in [-0.15, -0.1) is 5.06 Å². The number of amides is 2. The van der Waals surface area contributed by atoms with E-state index in [0.29, 0.717) is 5.56 Å². The Morgan fingerprint density at radius 1 is 0.800 bits per heavy atom. The Kier molecular flexibility index (Phi) is 14.7. The van der Waals surface area contributed by atoms with E-state index in [1.807, 2.05) is 48.5 Å². The first-order valence-corrected chi connectivity index (χ1v) is 18.4. The molecule has 15 nitrogen and oxygen atoms in total. The van der Waals surface area contributed by atoms with Crippen molar-refractivity contribution in [3.05, 3.63) is 78.0 Å². The Hall–Kier alpha value is -5.57. The third kappa shape index (κ3) is 14.0. The molecule has 1 saturated heterocycles. The molecule has 0 spiro atoms. The molecule has 1 aliphatic heterocycles. The highest BCUT2D eigenvalue weighted by molar-refractivity contribution is 5.97. The molecule has 15 heteroatoms. The van der Waals surface area contributed by atoms with Gasteiger partial charge in [0.25, 0.3) is 5.91 Å². The highest BCUT2D eigenvalue weighted by atomic mass is 16.8. The second-order valence-electron chi connectivity index (χ2n) is 14.9. The van der Waals surface area contributed by atoms with Crippen molar-refractivity contribution in [3.63, 3.8) is 0 Å². The van der Waals surface area contributed by atoms with Crippen molar-refractivity contribution < 1.29 is 43.0 Å². The summed E-state index contributed by atoms with van der Waals surface area (Å²) in [6.45, 7) is 13.2. The van der Waals surface area contributed by atoms with Crippen molar-refractivity contribution in [1.29, 1.82) is 0 Å². The maximum atomic E-state index is 14.1. The number of hydrogen-bond acceptors (Lipinski definition) is 13. The van der Waals surface area contributed by atoms with Crippen LogP contribution in [0.4, 0.5) is 10.6 Å². The molecule has 296 valence electrons. The first kappa shape index (κ1) is 42.2. The molecule has 2 N–H and O–H groups in total. The molecule has 2 atom stereocenters. The monoisotopic (exact) mass is 760 g/mol. The molecule has 2 heterocycles. The third-order valence-electron chi connectivity index (χ3n) is 7.98. The molecule has 4 rings (SSSR count). The van der Waals surface area contributed by atoms with Gasteiger partial charge in [0.2, 0.25) is 5.91 Å². The molecule has 0 radical (unpaired) electrons. The first-order chi connectivity index (χ1) is 26.0. The summed E-state index contributed by atoms with van der Waals surface area (Å²) in [4.78, 5) is 81.7. The number of esters is 2. The van der Waals surface area contributed by atoms with Gasteiger partial charge < -0.3 is 34.6 Å². The molecule has 2 aromatic carbocycles. The van der Waals surface area contributed by atoms with Gasteiger partial charge in [-0.25, -0.2) is 14.8 Å². The number of ether oxygens (including phenoxy) is 3. The van der Waals surface area contributed by atoms with Gasteiger partial charge in [-0.1, -0.05) is 60.7 Å². The lowest BCUT2D eigenvalue weighted by Crippen LogP contribution is -2.55. The molecule has 0 saturated carbocycles. The molecule has 1 aromatic heterocycles. The lowest BCUT2D eigenvalue weighted by molar-refractivity contribution is -0.158. The van der Waals surface area contributed by atoms with E-state index in [2.05, 4.69) is 15.6 Å². The van der Waals surface area contributed by atoms with Crippen LogP contribution in [0, 0.1) is 0 Å². The number of piperazine rings is 1. The van der Waals surface area contributed by atoms with E-state index in [1.165, 1.54) is 16.0 Å². The van der Waals surface area contributed by atoms with Gasteiger partial charge in [0.15, 0.2) is 5.82 Å². The third-order valence-corrected chi connectivity index (χ3v) is 7.98. The molecule has 3 aromatic rings. The van der Waals surface area contributed by atoms with Crippen molar-refractivity contribution in [1.82, 2.24) is 25.2 Å². The lowest BCUT2D eigenvalue weighted by Gasteiger charge is -2.35. The summed E-state index contributed by atoms with van der Waals surface area (Å²) in [5, 5.41) is 7.53. The van der Waals surface area contributed by atoms with Crippen molar-refractivity contribution in [2.75, 3.05) is 38.1 Å². The summed E-state index contributed by atoms with van der Waals surface area (Å²) in [6, 6.07) is 18.1. The number of carbonyl (C=O) groups excluding carboxylic acids is 5. The van der Waals surface area contributed by atoms with Gasteiger partial charge in [-0.3, -0.25) is 19.2 Å². The zero-order valence-electron chi connectivity index (χ0n) is 32.6. The van der Waals surface area contributed by atoms with Gasteiger partial charge in [0.05, 0.1) is 32.2 Å². The molecule has 0 unspecified atom stereocenters. The quantitative estimate of drug-likeness (QED) is 0.156. The van der Waals surface area contributed by atoms with Crippen LogP contribution < -0.4 is 10.6 Å². The van der Waals surface area contributed by atoms with Gasteiger partial charge >= 0.3 is 18.1 Å². The van der Waals surface area contributed by atoms with Crippen molar-refractivity contribution >= 4 is 35.7 Å². The lowest BCUT2D eigenvalue weighted by atomic mass is 10.0. The first-order valence-electron chi connectivity index (χ1n) is 18.4. The van der Waals surface area contributed by atoms with Crippen LogP contribution in [0.3, 0.4) is 0 Å². The maximum absolute atomic E-state index is 14.1. The minimum Gasteiger partial charge on any atom is -0.460 e. The predicted molar refractivity (Wildman–Crippen MR) is 203 cm³/mol. The fraction of sp³-hybridized carbons (Fsp3) is 0.475. The number of hydroxylamine groups is 2. The number of anilines is 1. The van der Waals surface area contributed by atoms with E-state index in [1.54, 1.807) is 60.6 Å². The summed E-state index contributed by atoms with van der Waals surface area (Å²) in [7, 11) is 0. The van der Waals surface area contributed by atoms with Crippen LogP contribution in [0.5, 0.6) is 0 Å². The normalized spacial score (nSPS) is 14.6.